The van der Waals surface area contributed by atoms with E-state index in [1.807, 2.05) is 12.1 Å². The highest BCUT2D eigenvalue weighted by Gasteiger charge is 2.06. The lowest BCUT2D eigenvalue weighted by atomic mass is 10.1. The van der Waals surface area contributed by atoms with Crippen molar-refractivity contribution in [1.29, 1.82) is 0 Å². The molecule has 0 spiro atoms. The molecule has 0 aromatic carbocycles. The molecule has 1 N–H and O–H groups in total. The first kappa shape index (κ1) is 11.0. The van der Waals surface area contributed by atoms with Crippen LogP contribution in [0.3, 0.4) is 0 Å². The Morgan fingerprint density at radius 1 is 1.57 bits per heavy atom. The molecule has 1 aromatic heterocycles. The molecule has 0 aliphatic heterocycles. The van der Waals surface area contributed by atoms with Crippen molar-refractivity contribution in [2.24, 2.45) is 0 Å². The Balaban J connectivity index is 2.36. The molecule has 1 rings (SSSR count). The summed E-state index contributed by atoms with van der Waals surface area (Å²) >= 11 is 1.44. The molecule has 0 aliphatic rings. The first-order valence-corrected chi connectivity index (χ1v) is 5.55. The van der Waals surface area contributed by atoms with E-state index in [-0.39, 0.29) is 5.75 Å². The molecule has 1 atom stereocenters. The maximum absolute atomic E-state index is 10.3. The summed E-state index contributed by atoms with van der Waals surface area (Å²) in [6.45, 7) is 2.09. The van der Waals surface area contributed by atoms with Crippen LogP contribution in [-0.4, -0.2) is 27.6 Å². The Labute approximate surface area is 87.6 Å². The first-order chi connectivity index (χ1) is 6.70. The van der Waals surface area contributed by atoms with Crippen molar-refractivity contribution in [3.8, 4) is 0 Å². The highest BCUT2D eigenvalue weighted by molar-refractivity contribution is 7.99. The molecule has 0 radical (unpaired) electrons. The van der Waals surface area contributed by atoms with Crippen LogP contribution in [-0.2, 0) is 4.79 Å². The third kappa shape index (κ3) is 3.79. The number of aliphatic carboxylic acids is 1. The third-order valence-corrected chi connectivity index (χ3v) is 3.06. The molecule has 0 saturated heterocycles. The normalized spacial score (nSPS) is 12.4. The van der Waals surface area contributed by atoms with Crippen LogP contribution in [0.2, 0.25) is 0 Å². The van der Waals surface area contributed by atoms with Gasteiger partial charge in [0.25, 0.3) is 0 Å². The summed E-state index contributed by atoms with van der Waals surface area (Å²) in [7, 11) is 0. The van der Waals surface area contributed by atoms with E-state index in [9.17, 15) is 4.79 Å². The van der Waals surface area contributed by atoms with E-state index < -0.39 is 5.97 Å². The van der Waals surface area contributed by atoms with E-state index in [0.29, 0.717) is 5.92 Å². The number of hydrogen-bond donors (Lipinski definition) is 1. The van der Waals surface area contributed by atoms with E-state index in [2.05, 4.69) is 11.9 Å². The SMILES string of the molecule is CC(CSCC(=O)O)c1ccncc1. The standard InChI is InChI=1S/C10H13NO2S/c1-8(6-14-7-10(12)13)9-2-4-11-5-3-9/h2-5,8H,6-7H2,1H3,(H,12,13). The lowest BCUT2D eigenvalue weighted by Crippen LogP contribution is -2.02. The van der Waals surface area contributed by atoms with E-state index in [1.165, 1.54) is 17.3 Å². The lowest BCUT2D eigenvalue weighted by molar-refractivity contribution is -0.133. The Kier molecular flexibility index (Phi) is 4.46. The summed E-state index contributed by atoms with van der Waals surface area (Å²) in [5, 5.41) is 8.47. The second-order valence-corrected chi connectivity index (χ2v) is 4.12. The lowest BCUT2D eigenvalue weighted by Gasteiger charge is -2.09. The van der Waals surface area contributed by atoms with Crippen LogP contribution >= 0.6 is 11.8 Å². The van der Waals surface area contributed by atoms with Gasteiger partial charge in [0.1, 0.15) is 0 Å². The average Bonchev–Trinajstić information content (AvgIpc) is 2.18. The van der Waals surface area contributed by atoms with Gasteiger partial charge in [0.05, 0.1) is 5.75 Å². The summed E-state index contributed by atoms with van der Waals surface area (Å²) in [6, 6.07) is 3.93. The summed E-state index contributed by atoms with van der Waals surface area (Å²) in [4.78, 5) is 14.2. The average molecular weight is 211 g/mol. The summed E-state index contributed by atoms with van der Waals surface area (Å²) < 4.78 is 0. The second kappa shape index (κ2) is 5.65. The summed E-state index contributed by atoms with van der Waals surface area (Å²) in [6.07, 6.45) is 3.52. The van der Waals surface area contributed by atoms with Crippen molar-refractivity contribution < 1.29 is 9.90 Å². The van der Waals surface area contributed by atoms with Gasteiger partial charge in [-0.25, -0.2) is 0 Å². The van der Waals surface area contributed by atoms with Gasteiger partial charge in [-0.2, -0.15) is 0 Å². The Morgan fingerprint density at radius 2 is 2.21 bits per heavy atom. The Morgan fingerprint density at radius 3 is 2.79 bits per heavy atom. The van der Waals surface area contributed by atoms with E-state index in [4.69, 9.17) is 5.11 Å². The predicted octanol–water partition coefficient (Wildman–Crippen LogP) is 2.00. The van der Waals surface area contributed by atoms with Crippen LogP contribution in [0.25, 0.3) is 0 Å². The first-order valence-electron chi connectivity index (χ1n) is 4.39. The van der Waals surface area contributed by atoms with Gasteiger partial charge in [0.15, 0.2) is 0 Å². The van der Waals surface area contributed by atoms with Crippen molar-refractivity contribution in [3.63, 3.8) is 0 Å². The van der Waals surface area contributed by atoms with Crippen LogP contribution in [0.5, 0.6) is 0 Å². The minimum atomic E-state index is -0.753. The molecule has 3 nitrogen and oxygen atoms in total. The van der Waals surface area contributed by atoms with Gasteiger partial charge in [0.2, 0.25) is 0 Å². The van der Waals surface area contributed by atoms with Crippen LogP contribution in [0, 0.1) is 0 Å². The smallest absolute Gasteiger partial charge is 0.313 e. The molecule has 4 heteroatoms. The number of pyridine rings is 1. The quantitative estimate of drug-likeness (QED) is 0.809. The van der Waals surface area contributed by atoms with Crippen molar-refractivity contribution in [3.05, 3.63) is 30.1 Å². The number of carboxylic acids is 1. The number of carboxylic acid groups (broad SMARTS) is 1. The van der Waals surface area contributed by atoms with Gasteiger partial charge < -0.3 is 5.11 Å². The Bertz CT molecular complexity index is 289. The van der Waals surface area contributed by atoms with Crippen LogP contribution < -0.4 is 0 Å². The molecule has 0 aliphatic carbocycles. The number of rotatable bonds is 5. The molecule has 14 heavy (non-hydrogen) atoms. The molecule has 1 aromatic rings. The zero-order chi connectivity index (χ0) is 10.4. The number of thioether (sulfide) groups is 1. The van der Waals surface area contributed by atoms with Gasteiger partial charge in [-0.3, -0.25) is 9.78 Å². The fourth-order valence-corrected chi connectivity index (χ4v) is 1.95. The van der Waals surface area contributed by atoms with E-state index in [0.717, 1.165) is 5.75 Å². The van der Waals surface area contributed by atoms with Gasteiger partial charge in [-0.1, -0.05) is 6.92 Å². The van der Waals surface area contributed by atoms with E-state index >= 15 is 0 Å². The van der Waals surface area contributed by atoms with Crippen molar-refractivity contribution in [1.82, 2.24) is 4.98 Å². The third-order valence-electron chi connectivity index (χ3n) is 1.87. The molecule has 76 valence electrons. The van der Waals surface area contributed by atoms with Crippen LogP contribution in [0.1, 0.15) is 18.4 Å². The molecule has 1 heterocycles. The molecule has 1 unspecified atom stereocenters. The highest BCUT2D eigenvalue weighted by atomic mass is 32.2. The fraction of sp³-hybridized carbons (Fsp3) is 0.400. The largest absolute Gasteiger partial charge is 0.481 e. The fourth-order valence-electron chi connectivity index (χ4n) is 1.11. The summed E-state index contributed by atoms with van der Waals surface area (Å²) in [5.74, 6) is 0.630. The second-order valence-electron chi connectivity index (χ2n) is 3.09. The number of carbonyl (C=O) groups is 1. The number of hydrogen-bond acceptors (Lipinski definition) is 3. The van der Waals surface area contributed by atoms with Gasteiger partial charge in [-0.05, 0) is 23.6 Å². The molecule has 0 saturated carbocycles. The van der Waals surface area contributed by atoms with Crippen molar-refractivity contribution in [2.75, 3.05) is 11.5 Å². The van der Waals surface area contributed by atoms with Crippen LogP contribution in [0.15, 0.2) is 24.5 Å². The van der Waals surface area contributed by atoms with Gasteiger partial charge >= 0.3 is 5.97 Å². The van der Waals surface area contributed by atoms with E-state index in [1.54, 1.807) is 12.4 Å². The topological polar surface area (TPSA) is 50.2 Å². The highest BCUT2D eigenvalue weighted by Crippen LogP contribution is 2.19. The zero-order valence-corrected chi connectivity index (χ0v) is 8.83. The minimum Gasteiger partial charge on any atom is -0.481 e. The van der Waals surface area contributed by atoms with Crippen molar-refractivity contribution in [2.45, 2.75) is 12.8 Å². The number of aromatic nitrogens is 1. The minimum absolute atomic E-state index is 0.176. The summed E-state index contributed by atoms with van der Waals surface area (Å²) in [5.41, 5.74) is 1.21. The Hall–Kier alpha value is -1.03. The number of nitrogens with zero attached hydrogens (tertiary/aromatic N) is 1. The zero-order valence-electron chi connectivity index (χ0n) is 8.01. The van der Waals surface area contributed by atoms with Crippen LogP contribution in [0.4, 0.5) is 0 Å². The predicted molar refractivity (Wildman–Crippen MR) is 57.6 cm³/mol. The molecule has 0 bridgehead atoms. The maximum Gasteiger partial charge on any atom is 0.313 e. The molecular formula is C10H13NO2S. The van der Waals surface area contributed by atoms with Gasteiger partial charge in [0, 0.05) is 18.1 Å². The molecular weight excluding hydrogens is 198 g/mol. The molecule has 0 fully saturated rings. The van der Waals surface area contributed by atoms with Gasteiger partial charge in [-0.15, -0.1) is 11.8 Å². The maximum atomic E-state index is 10.3. The van der Waals surface area contributed by atoms with Crippen molar-refractivity contribution >= 4 is 17.7 Å². The monoisotopic (exact) mass is 211 g/mol. The molecule has 0 amide bonds.